The smallest absolute Gasteiger partial charge is 0.268 e. The van der Waals surface area contributed by atoms with Crippen LogP contribution in [-0.4, -0.2) is 34.5 Å². The molecule has 142 valence electrons. The molecule has 0 saturated carbocycles. The fourth-order valence-electron chi connectivity index (χ4n) is 3.15. The Kier molecular flexibility index (Phi) is 5.51. The van der Waals surface area contributed by atoms with Crippen molar-refractivity contribution >= 4 is 21.6 Å². The highest BCUT2D eigenvalue weighted by atomic mass is 32.2. The van der Waals surface area contributed by atoms with E-state index in [1.54, 1.807) is 18.2 Å². The Balaban J connectivity index is 2.06. The summed E-state index contributed by atoms with van der Waals surface area (Å²) in [6.45, 7) is 4.24. The van der Waals surface area contributed by atoms with Crippen LogP contribution in [0.1, 0.15) is 22.3 Å². The minimum Gasteiger partial charge on any atom is -0.495 e. The molecule has 2 aromatic rings. The van der Waals surface area contributed by atoms with E-state index in [-0.39, 0.29) is 22.1 Å². The van der Waals surface area contributed by atoms with Gasteiger partial charge in [0.25, 0.3) is 15.9 Å². The molecule has 0 spiro atoms. The first-order valence-electron chi connectivity index (χ1n) is 8.67. The molecule has 3 rings (SSSR count). The number of carbonyl (C=O) groups is 1. The molecule has 7 heteroatoms. The Labute approximate surface area is 159 Å². The summed E-state index contributed by atoms with van der Waals surface area (Å²) in [5, 5.41) is 2.65. The number of aryl methyl sites for hydroxylation is 1. The molecule has 27 heavy (non-hydrogen) atoms. The second-order valence-electron chi connectivity index (χ2n) is 6.17. The van der Waals surface area contributed by atoms with Crippen LogP contribution in [0.2, 0.25) is 0 Å². The summed E-state index contributed by atoms with van der Waals surface area (Å²) in [7, 11) is -2.47. The average molecular weight is 386 g/mol. The van der Waals surface area contributed by atoms with Crippen LogP contribution in [0.3, 0.4) is 0 Å². The number of hydrogen-bond acceptors (Lipinski definition) is 4. The number of amides is 1. The van der Waals surface area contributed by atoms with E-state index in [2.05, 4.69) is 11.9 Å². The zero-order chi connectivity index (χ0) is 19.4. The molecular weight excluding hydrogens is 364 g/mol. The molecule has 0 bridgehead atoms. The van der Waals surface area contributed by atoms with Gasteiger partial charge in [0.2, 0.25) is 0 Å². The lowest BCUT2D eigenvalue weighted by molar-refractivity contribution is 0.0957. The molecule has 0 atom stereocenters. The summed E-state index contributed by atoms with van der Waals surface area (Å²) in [5.74, 6) is -0.161. The molecule has 0 fully saturated rings. The van der Waals surface area contributed by atoms with Gasteiger partial charge < -0.3 is 10.1 Å². The van der Waals surface area contributed by atoms with E-state index < -0.39 is 10.0 Å². The Morgan fingerprint density at radius 3 is 2.81 bits per heavy atom. The number of rotatable bonds is 6. The van der Waals surface area contributed by atoms with Crippen molar-refractivity contribution in [2.45, 2.75) is 17.7 Å². The van der Waals surface area contributed by atoms with Crippen molar-refractivity contribution in [3.8, 4) is 5.75 Å². The summed E-state index contributed by atoms with van der Waals surface area (Å²) < 4.78 is 33.5. The van der Waals surface area contributed by atoms with Gasteiger partial charge in [0, 0.05) is 18.7 Å². The van der Waals surface area contributed by atoms with E-state index in [0.717, 1.165) is 18.4 Å². The van der Waals surface area contributed by atoms with Crippen LogP contribution < -0.4 is 14.4 Å². The maximum atomic E-state index is 13.4. The molecule has 1 amide bonds. The fraction of sp³-hybridized carbons (Fsp3) is 0.250. The molecule has 0 radical (unpaired) electrons. The molecule has 1 N–H and O–H groups in total. The van der Waals surface area contributed by atoms with Gasteiger partial charge in [-0.25, -0.2) is 8.42 Å². The lowest BCUT2D eigenvalue weighted by Gasteiger charge is -2.31. The first-order chi connectivity index (χ1) is 13.0. The number of fused-ring (bicyclic) bond motifs is 1. The zero-order valence-corrected chi connectivity index (χ0v) is 16.0. The number of carbonyl (C=O) groups excluding carboxylic acids is 1. The number of sulfonamides is 1. The van der Waals surface area contributed by atoms with E-state index in [4.69, 9.17) is 4.74 Å². The average Bonchev–Trinajstić information content (AvgIpc) is 2.71. The molecule has 1 aliphatic heterocycles. The number of benzene rings is 2. The van der Waals surface area contributed by atoms with Gasteiger partial charge in [-0.3, -0.25) is 9.10 Å². The monoisotopic (exact) mass is 386 g/mol. The SMILES string of the molecule is C=CCNC(=O)c1ccc(OC)c(S(=O)(=O)N2CCCc3ccccc32)c1. The van der Waals surface area contributed by atoms with Crippen LogP contribution in [0.5, 0.6) is 5.75 Å². The number of ether oxygens (including phenoxy) is 1. The minimum absolute atomic E-state index is 0.0204. The van der Waals surface area contributed by atoms with Crippen molar-refractivity contribution in [2.24, 2.45) is 0 Å². The third kappa shape index (κ3) is 3.68. The maximum Gasteiger partial charge on any atom is 0.268 e. The summed E-state index contributed by atoms with van der Waals surface area (Å²) in [5.41, 5.74) is 1.92. The lowest BCUT2D eigenvalue weighted by atomic mass is 10.0. The maximum absolute atomic E-state index is 13.4. The van der Waals surface area contributed by atoms with Gasteiger partial charge in [0.05, 0.1) is 12.8 Å². The number of para-hydroxylation sites is 1. The van der Waals surface area contributed by atoms with Gasteiger partial charge in [-0.05, 0) is 42.7 Å². The Hall–Kier alpha value is -2.80. The van der Waals surface area contributed by atoms with Crippen molar-refractivity contribution < 1.29 is 17.9 Å². The largest absolute Gasteiger partial charge is 0.495 e. The van der Waals surface area contributed by atoms with Crippen LogP contribution in [0, 0.1) is 0 Å². The first-order valence-corrected chi connectivity index (χ1v) is 10.1. The molecular formula is C20H22N2O4S. The van der Waals surface area contributed by atoms with Crippen LogP contribution in [0.15, 0.2) is 60.0 Å². The van der Waals surface area contributed by atoms with Crippen molar-refractivity contribution in [1.29, 1.82) is 0 Å². The normalized spacial score (nSPS) is 13.6. The van der Waals surface area contributed by atoms with Gasteiger partial charge in [-0.1, -0.05) is 24.3 Å². The van der Waals surface area contributed by atoms with Gasteiger partial charge in [-0.2, -0.15) is 0 Å². The van der Waals surface area contributed by atoms with E-state index in [9.17, 15) is 13.2 Å². The minimum atomic E-state index is -3.89. The summed E-state index contributed by atoms with van der Waals surface area (Å²) >= 11 is 0. The van der Waals surface area contributed by atoms with Crippen LogP contribution >= 0.6 is 0 Å². The van der Waals surface area contributed by atoms with E-state index >= 15 is 0 Å². The molecule has 0 saturated heterocycles. The third-order valence-corrected chi connectivity index (χ3v) is 6.30. The second kappa shape index (κ2) is 7.84. The number of hydrogen-bond donors (Lipinski definition) is 1. The highest BCUT2D eigenvalue weighted by molar-refractivity contribution is 7.93. The van der Waals surface area contributed by atoms with Crippen molar-refractivity contribution in [3.63, 3.8) is 0 Å². The fourth-order valence-corrected chi connectivity index (χ4v) is 4.88. The lowest BCUT2D eigenvalue weighted by Crippen LogP contribution is -2.35. The topological polar surface area (TPSA) is 75.7 Å². The van der Waals surface area contributed by atoms with Crippen LogP contribution in [0.4, 0.5) is 5.69 Å². The summed E-state index contributed by atoms with van der Waals surface area (Å²) in [4.78, 5) is 12.2. The number of nitrogens with zero attached hydrogens (tertiary/aromatic N) is 1. The highest BCUT2D eigenvalue weighted by Gasteiger charge is 2.32. The molecule has 1 aliphatic rings. The van der Waals surface area contributed by atoms with Gasteiger partial charge >= 0.3 is 0 Å². The van der Waals surface area contributed by atoms with E-state index in [1.165, 1.54) is 23.5 Å². The van der Waals surface area contributed by atoms with Crippen molar-refractivity contribution in [1.82, 2.24) is 5.32 Å². The Bertz CT molecular complexity index is 970. The predicted molar refractivity (Wildman–Crippen MR) is 105 cm³/mol. The van der Waals surface area contributed by atoms with Gasteiger partial charge in [0.15, 0.2) is 0 Å². The van der Waals surface area contributed by atoms with E-state index in [1.807, 2.05) is 18.2 Å². The molecule has 1 heterocycles. The quantitative estimate of drug-likeness (QED) is 0.775. The van der Waals surface area contributed by atoms with Crippen LogP contribution in [-0.2, 0) is 16.4 Å². The molecule has 0 aliphatic carbocycles. The summed E-state index contributed by atoms with van der Waals surface area (Å²) in [6.07, 6.45) is 3.13. The Morgan fingerprint density at radius 2 is 2.07 bits per heavy atom. The number of nitrogens with one attached hydrogen (secondary N) is 1. The Morgan fingerprint density at radius 1 is 1.30 bits per heavy atom. The summed E-state index contributed by atoms with van der Waals surface area (Å²) in [6, 6.07) is 11.9. The van der Waals surface area contributed by atoms with Crippen LogP contribution in [0.25, 0.3) is 0 Å². The molecule has 2 aromatic carbocycles. The second-order valence-corrected chi connectivity index (χ2v) is 8.00. The highest BCUT2D eigenvalue weighted by Crippen LogP contribution is 2.35. The first kappa shape index (κ1) is 19.0. The zero-order valence-electron chi connectivity index (χ0n) is 15.1. The predicted octanol–water partition coefficient (Wildman–Crippen LogP) is 2.75. The van der Waals surface area contributed by atoms with E-state index in [0.29, 0.717) is 18.8 Å². The number of anilines is 1. The van der Waals surface area contributed by atoms with Gasteiger partial charge in [-0.15, -0.1) is 6.58 Å². The standard InChI is InChI=1S/C20H22N2O4S/c1-3-12-21-20(23)16-10-11-18(26-2)19(14-16)27(24,25)22-13-6-8-15-7-4-5-9-17(15)22/h3-5,7,9-11,14H,1,6,8,12-13H2,2H3,(H,21,23). The third-order valence-electron chi connectivity index (χ3n) is 4.47. The van der Waals surface area contributed by atoms with Gasteiger partial charge in [0.1, 0.15) is 10.6 Å². The number of methoxy groups -OCH3 is 1. The van der Waals surface area contributed by atoms with Crippen molar-refractivity contribution in [2.75, 3.05) is 24.5 Å². The molecule has 0 unspecified atom stereocenters. The molecule has 6 nitrogen and oxygen atoms in total. The molecule has 0 aromatic heterocycles. The van der Waals surface area contributed by atoms with Crippen molar-refractivity contribution in [3.05, 3.63) is 66.2 Å².